The molecule has 6 heteroatoms. The third-order valence-electron chi connectivity index (χ3n) is 1.83. The van der Waals surface area contributed by atoms with Gasteiger partial charge in [0.1, 0.15) is 20.6 Å². The van der Waals surface area contributed by atoms with Crippen molar-refractivity contribution in [2.75, 3.05) is 13.2 Å². The van der Waals surface area contributed by atoms with Gasteiger partial charge in [-0.15, -0.1) is 0 Å². The van der Waals surface area contributed by atoms with Gasteiger partial charge >= 0.3 is 5.97 Å². The maximum atomic E-state index is 10.6. The molecule has 5 nitrogen and oxygen atoms in total. The van der Waals surface area contributed by atoms with Crippen molar-refractivity contribution in [3.63, 3.8) is 0 Å². The average Bonchev–Trinajstić information content (AvgIpc) is 2.41. The van der Waals surface area contributed by atoms with E-state index >= 15 is 0 Å². The molecular formula is C7H12BNO4. The van der Waals surface area contributed by atoms with Crippen LogP contribution < -0.4 is 5.73 Å². The van der Waals surface area contributed by atoms with Gasteiger partial charge in [-0.2, -0.15) is 0 Å². The molecule has 0 aliphatic carbocycles. The molecular weight excluding hydrogens is 173 g/mol. The van der Waals surface area contributed by atoms with Crippen LogP contribution in [0.3, 0.4) is 0 Å². The molecule has 1 rings (SSSR count). The van der Waals surface area contributed by atoms with E-state index in [9.17, 15) is 9.90 Å². The van der Waals surface area contributed by atoms with Crippen molar-refractivity contribution in [1.29, 1.82) is 0 Å². The standard InChI is InChI=1S/C7H12BNO4/c8-6-1-4(10)5(13-6)3-12-7(11)2-9/h4-6,10H,1-3,9H2/t4-,5-,6-/m0/s1. The Morgan fingerprint density at radius 3 is 2.92 bits per heavy atom. The number of hydrogen-bond donors (Lipinski definition) is 2. The monoisotopic (exact) mass is 185 g/mol. The summed E-state index contributed by atoms with van der Waals surface area (Å²) in [5, 5.41) is 9.32. The first-order valence-corrected chi connectivity index (χ1v) is 4.08. The quantitative estimate of drug-likeness (QED) is 0.397. The van der Waals surface area contributed by atoms with Crippen molar-refractivity contribution < 1.29 is 19.4 Å². The van der Waals surface area contributed by atoms with Gasteiger partial charge in [0.15, 0.2) is 0 Å². The minimum atomic E-state index is -0.666. The number of esters is 1. The van der Waals surface area contributed by atoms with Crippen molar-refractivity contribution in [2.24, 2.45) is 5.73 Å². The molecule has 1 aliphatic heterocycles. The largest absolute Gasteiger partial charge is 0.462 e. The number of aliphatic hydroxyl groups is 1. The van der Waals surface area contributed by atoms with Gasteiger partial charge in [0.25, 0.3) is 0 Å². The van der Waals surface area contributed by atoms with E-state index in [4.69, 9.17) is 18.3 Å². The Bertz CT molecular complexity index is 189. The van der Waals surface area contributed by atoms with Gasteiger partial charge in [0.2, 0.25) is 0 Å². The fourth-order valence-corrected chi connectivity index (χ4v) is 1.14. The number of nitrogens with two attached hydrogens (primary N) is 1. The van der Waals surface area contributed by atoms with Crippen LogP contribution in [0.4, 0.5) is 0 Å². The Balaban J connectivity index is 2.25. The zero-order valence-corrected chi connectivity index (χ0v) is 7.18. The highest BCUT2D eigenvalue weighted by Gasteiger charge is 2.31. The van der Waals surface area contributed by atoms with E-state index in [0.29, 0.717) is 6.42 Å². The lowest BCUT2D eigenvalue weighted by atomic mass is 9.96. The maximum absolute atomic E-state index is 10.6. The van der Waals surface area contributed by atoms with Crippen LogP contribution in [0.25, 0.3) is 0 Å². The first-order chi connectivity index (χ1) is 6.13. The lowest BCUT2D eigenvalue weighted by Crippen LogP contribution is -2.29. The Labute approximate surface area is 77.6 Å². The number of carbonyl (C=O) groups excluding carboxylic acids is 1. The zero-order chi connectivity index (χ0) is 9.84. The molecule has 1 aliphatic rings. The van der Waals surface area contributed by atoms with E-state index in [2.05, 4.69) is 4.74 Å². The predicted octanol–water partition coefficient (Wildman–Crippen LogP) is -1.87. The van der Waals surface area contributed by atoms with Crippen LogP contribution in [0.1, 0.15) is 6.42 Å². The molecule has 0 unspecified atom stereocenters. The topological polar surface area (TPSA) is 81.8 Å². The van der Waals surface area contributed by atoms with Crippen molar-refractivity contribution in [3.8, 4) is 0 Å². The van der Waals surface area contributed by atoms with Crippen LogP contribution in [0.5, 0.6) is 0 Å². The molecule has 0 bridgehead atoms. The summed E-state index contributed by atoms with van der Waals surface area (Å²) < 4.78 is 9.77. The Morgan fingerprint density at radius 2 is 2.46 bits per heavy atom. The molecule has 0 aromatic carbocycles. The van der Waals surface area contributed by atoms with Crippen molar-refractivity contribution in [2.45, 2.75) is 24.6 Å². The first-order valence-electron chi connectivity index (χ1n) is 4.08. The van der Waals surface area contributed by atoms with Crippen molar-refractivity contribution in [1.82, 2.24) is 0 Å². The SMILES string of the molecule is [B][C@@H]1C[C@H](O)[C@H](COC(=O)CN)O1. The van der Waals surface area contributed by atoms with E-state index in [1.54, 1.807) is 0 Å². The van der Waals surface area contributed by atoms with E-state index in [0.717, 1.165) is 0 Å². The molecule has 1 heterocycles. The van der Waals surface area contributed by atoms with Crippen LogP contribution in [0.2, 0.25) is 0 Å². The molecule has 0 aromatic heterocycles. The van der Waals surface area contributed by atoms with Crippen LogP contribution >= 0.6 is 0 Å². The summed E-state index contributed by atoms with van der Waals surface area (Å²) in [6, 6.07) is -0.475. The third kappa shape index (κ3) is 2.98. The highest BCUT2D eigenvalue weighted by atomic mass is 16.6. The van der Waals surface area contributed by atoms with Gasteiger partial charge in [-0.1, -0.05) is 0 Å². The second kappa shape index (κ2) is 4.60. The molecule has 1 fully saturated rings. The van der Waals surface area contributed by atoms with E-state index in [-0.39, 0.29) is 13.2 Å². The third-order valence-corrected chi connectivity index (χ3v) is 1.83. The Hall–Kier alpha value is -0.585. The molecule has 2 radical (unpaired) electrons. The van der Waals surface area contributed by atoms with Crippen molar-refractivity contribution in [3.05, 3.63) is 0 Å². The smallest absolute Gasteiger partial charge is 0.319 e. The lowest BCUT2D eigenvalue weighted by molar-refractivity contribution is -0.146. The molecule has 3 atom stereocenters. The number of aliphatic hydroxyl groups excluding tert-OH is 1. The molecule has 72 valence electrons. The van der Waals surface area contributed by atoms with E-state index in [1.807, 2.05) is 0 Å². The second-order valence-corrected chi connectivity index (χ2v) is 2.90. The number of rotatable bonds is 3. The Kier molecular flexibility index (Phi) is 3.71. The summed E-state index contributed by atoms with van der Waals surface area (Å²) in [7, 11) is 5.41. The fourth-order valence-electron chi connectivity index (χ4n) is 1.14. The van der Waals surface area contributed by atoms with Crippen LogP contribution in [-0.2, 0) is 14.3 Å². The Morgan fingerprint density at radius 1 is 1.77 bits per heavy atom. The summed E-state index contributed by atoms with van der Waals surface area (Å²) >= 11 is 0. The zero-order valence-electron chi connectivity index (χ0n) is 7.18. The highest BCUT2D eigenvalue weighted by molar-refractivity contribution is 6.11. The van der Waals surface area contributed by atoms with E-state index in [1.165, 1.54) is 0 Å². The lowest BCUT2D eigenvalue weighted by Gasteiger charge is -2.13. The molecule has 0 aromatic rings. The second-order valence-electron chi connectivity index (χ2n) is 2.90. The summed E-state index contributed by atoms with van der Waals surface area (Å²) in [5.41, 5.74) is 5.02. The van der Waals surface area contributed by atoms with Gasteiger partial charge in [0, 0.05) is 6.00 Å². The molecule has 0 saturated carbocycles. The number of carbonyl (C=O) groups is 1. The normalized spacial score (nSPS) is 33.2. The van der Waals surface area contributed by atoms with Gasteiger partial charge in [-0.25, -0.2) is 0 Å². The number of hydrogen-bond acceptors (Lipinski definition) is 5. The van der Waals surface area contributed by atoms with Gasteiger partial charge in [-0.3, -0.25) is 4.79 Å². The van der Waals surface area contributed by atoms with Gasteiger partial charge in [0.05, 0.1) is 12.6 Å². The predicted molar refractivity (Wildman–Crippen MR) is 45.1 cm³/mol. The van der Waals surface area contributed by atoms with Crippen LogP contribution in [0, 0.1) is 0 Å². The van der Waals surface area contributed by atoms with Crippen LogP contribution in [-0.4, -0.2) is 50.3 Å². The van der Waals surface area contributed by atoms with Gasteiger partial charge in [-0.05, 0) is 6.42 Å². The van der Waals surface area contributed by atoms with Gasteiger partial charge < -0.3 is 20.3 Å². The molecule has 13 heavy (non-hydrogen) atoms. The summed E-state index contributed by atoms with van der Waals surface area (Å²) in [4.78, 5) is 10.6. The average molecular weight is 185 g/mol. The molecule has 0 spiro atoms. The van der Waals surface area contributed by atoms with Crippen LogP contribution in [0.15, 0.2) is 0 Å². The summed E-state index contributed by atoms with van der Waals surface area (Å²) in [6.45, 7) is -0.167. The summed E-state index contributed by atoms with van der Waals surface area (Å²) in [5.74, 6) is -0.517. The molecule has 0 amide bonds. The molecule has 1 saturated heterocycles. The van der Waals surface area contributed by atoms with Crippen molar-refractivity contribution >= 4 is 13.8 Å². The summed E-state index contributed by atoms with van der Waals surface area (Å²) in [6.07, 6.45) is -0.823. The maximum Gasteiger partial charge on any atom is 0.319 e. The molecule has 3 N–H and O–H groups in total. The highest BCUT2D eigenvalue weighted by Crippen LogP contribution is 2.18. The first kappa shape index (κ1) is 10.5. The minimum absolute atomic E-state index is 0.00486. The number of ether oxygens (including phenoxy) is 2. The minimum Gasteiger partial charge on any atom is -0.462 e. The van der Waals surface area contributed by atoms with E-state index < -0.39 is 24.2 Å². The fraction of sp³-hybridized carbons (Fsp3) is 0.857.